The van der Waals surface area contributed by atoms with Crippen LogP contribution in [-0.2, 0) is 0 Å². The molecule has 116 valence electrons. The molecule has 1 aliphatic rings. The smallest absolute Gasteiger partial charge is 0.252 e. The molecule has 21 heavy (non-hydrogen) atoms. The zero-order valence-electron chi connectivity index (χ0n) is 12.4. The van der Waals surface area contributed by atoms with Crippen molar-refractivity contribution in [1.29, 1.82) is 0 Å². The van der Waals surface area contributed by atoms with E-state index in [9.17, 15) is 9.90 Å². The standard InChI is InChI=1S/C16H21Cl2NO2/c1-15(2)5-7-16(21,8-6-15)10-19-14(20)12-4-3-11(17)9-13(12)18/h3-4,9,21H,5-8,10H2,1-2H3,(H,19,20). The highest BCUT2D eigenvalue weighted by molar-refractivity contribution is 6.36. The molecule has 2 N–H and O–H groups in total. The molecule has 0 aromatic heterocycles. The topological polar surface area (TPSA) is 49.3 Å². The van der Waals surface area contributed by atoms with Crippen LogP contribution >= 0.6 is 23.2 Å². The van der Waals surface area contributed by atoms with Crippen molar-refractivity contribution < 1.29 is 9.90 Å². The summed E-state index contributed by atoms with van der Waals surface area (Å²) < 4.78 is 0. The Morgan fingerprint density at radius 3 is 2.43 bits per heavy atom. The summed E-state index contributed by atoms with van der Waals surface area (Å²) >= 11 is 11.8. The summed E-state index contributed by atoms with van der Waals surface area (Å²) in [4.78, 5) is 12.1. The van der Waals surface area contributed by atoms with Crippen LogP contribution in [0.4, 0.5) is 0 Å². The number of rotatable bonds is 3. The van der Waals surface area contributed by atoms with Crippen LogP contribution in [0.5, 0.6) is 0 Å². The Morgan fingerprint density at radius 1 is 1.24 bits per heavy atom. The Bertz CT molecular complexity index is 533. The molecule has 1 aromatic carbocycles. The molecule has 0 bridgehead atoms. The van der Waals surface area contributed by atoms with Crippen LogP contribution in [-0.4, -0.2) is 23.2 Å². The molecule has 1 aliphatic carbocycles. The molecule has 1 fully saturated rings. The summed E-state index contributed by atoms with van der Waals surface area (Å²) in [6.07, 6.45) is 3.32. The van der Waals surface area contributed by atoms with E-state index in [1.54, 1.807) is 12.1 Å². The highest BCUT2D eigenvalue weighted by Gasteiger charge is 2.36. The van der Waals surface area contributed by atoms with E-state index in [2.05, 4.69) is 19.2 Å². The van der Waals surface area contributed by atoms with E-state index in [0.29, 0.717) is 28.5 Å². The number of aliphatic hydroxyl groups is 1. The SMILES string of the molecule is CC1(C)CCC(O)(CNC(=O)c2ccc(Cl)cc2Cl)CC1. The van der Waals surface area contributed by atoms with Gasteiger partial charge in [0, 0.05) is 11.6 Å². The Kier molecular flexibility index (Phi) is 4.86. The molecular formula is C16H21Cl2NO2. The van der Waals surface area contributed by atoms with E-state index in [1.807, 2.05) is 0 Å². The molecule has 0 spiro atoms. The van der Waals surface area contributed by atoms with E-state index >= 15 is 0 Å². The number of carbonyl (C=O) groups excluding carboxylic acids is 1. The molecule has 2 rings (SSSR count). The van der Waals surface area contributed by atoms with Gasteiger partial charge in [-0.1, -0.05) is 37.0 Å². The molecule has 1 aromatic rings. The van der Waals surface area contributed by atoms with Gasteiger partial charge in [0.15, 0.2) is 0 Å². The van der Waals surface area contributed by atoms with Crippen molar-refractivity contribution in [1.82, 2.24) is 5.32 Å². The third-order valence-corrected chi connectivity index (χ3v) is 4.84. The number of hydrogen-bond acceptors (Lipinski definition) is 2. The first-order chi connectivity index (χ1) is 9.71. The number of hydrogen-bond donors (Lipinski definition) is 2. The van der Waals surface area contributed by atoms with Crippen molar-refractivity contribution in [2.45, 2.75) is 45.1 Å². The highest BCUT2D eigenvalue weighted by Crippen LogP contribution is 2.39. The summed E-state index contributed by atoms with van der Waals surface area (Å²) in [5.74, 6) is -0.282. The zero-order valence-corrected chi connectivity index (χ0v) is 13.9. The van der Waals surface area contributed by atoms with E-state index in [1.165, 1.54) is 6.07 Å². The largest absolute Gasteiger partial charge is 0.388 e. The number of nitrogens with one attached hydrogen (secondary N) is 1. The molecule has 0 aliphatic heterocycles. The van der Waals surface area contributed by atoms with Crippen molar-refractivity contribution in [3.05, 3.63) is 33.8 Å². The predicted octanol–water partition coefficient (Wildman–Crippen LogP) is 4.05. The van der Waals surface area contributed by atoms with Crippen LogP contribution in [0.15, 0.2) is 18.2 Å². The average Bonchev–Trinajstić information content (AvgIpc) is 2.40. The van der Waals surface area contributed by atoms with Crippen LogP contribution in [0.3, 0.4) is 0 Å². The number of benzene rings is 1. The van der Waals surface area contributed by atoms with Gasteiger partial charge in [-0.05, 0) is 49.3 Å². The molecule has 0 atom stereocenters. The number of halogens is 2. The van der Waals surface area contributed by atoms with Crippen molar-refractivity contribution in [3.8, 4) is 0 Å². The molecule has 0 heterocycles. The first-order valence-corrected chi connectivity index (χ1v) is 7.92. The van der Waals surface area contributed by atoms with Crippen molar-refractivity contribution in [2.75, 3.05) is 6.54 Å². The molecule has 3 nitrogen and oxygen atoms in total. The fourth-order valence-electron chi connectivity index (χ4n) is 2.58. The maximum absolute atomic E-state index is 12.1. The fraction of sp³-hybridized carbons (Fsp3) is 0.562. The van der Waals surface area contributed by atoms with Crippen LogP contribution in [0.1, 0.15) is 49.9 Å². The molecule has 0 unspecified atom stereocenters. The third kappa shape index (κ3) is 4.35. The van der Waals surface area contributed by atoms with E-state index < -0.39 is 5.60 Å². The van der Waals surface area contributed by atoms with Gasteiger partial charge in [-0.2, -0.15) is 0 Å². The summed E-state index contributed by atoms with van der Waals surface area (Å²) in [7, 11) is 0. The molecule has 0 saturated heterocycles. The van der Waals surface area contributed by atoms with Gasteiger partial charge >= 0.3 is 0 Å². The van der Waals surface area contributed by atoms with Gasteiger partial charge < -0.3 is 10.4 Å². The molecule has 1 amide bonds. The first-order valence-electron chi connectivity index (χ1n) is 7.17. The lowest BCUT2D eigenvalue weighted by Crippen LogP contribution is -2.46. The van der Waals surface area contributed by atoms with E-state index in [4.69, 9.17) is 23.2 Å². The first kappa shape index (κ1) is 16.6. The maximum atomic E-state index is 12.1. The average molecular weight is 330 g/mol. The van der Waals surface area contributed by atoms with Gasteiger partial charge in [-0.25, -0.2) is 0 Å². The number of amides is 1. The van der Waals surface area contributed by atoms with Gasteiger partial charge in [-0.15, -0.1) is 0 Å². The zero-order chi connectivity index (χ0) is 15.7. The lowest BCUT2D eigenvalue weighted by Gasteiger charge is -2.40. The van der Waals surface area contributed by atoms with Crippen molar-refractivity contribution in [3.63, 3.8) is 0 Å². The quantitative estimate of drug-likeness (QED) is 0.878. The number of carbonyl (C=O) groups is 1. The van der Waals surface area contributed by atoms with Gasteiger partial charge in [0.1, 0.15) is 0 Å². The second-order valence-corrected chi connectivity index (χ2v) is 7.54. The second-order valence-electron chi connectivity index (χ2n) is 6.70. The third-order valence-electron chi connectivity index (χ3n) is 4.29. The minimum absolute atomic E-state index is 0.251. The Hall–Kier alpha value is -0.770. The van der Waals surface area contributed by atoms with Crippen LogP contribution in [0.2, 0.25) is 10.0 Å². The molecule has 0 radical (unpaired) electrons. The van der Waals surface area contributed by atoms with Crippen molar-refractivity contribution >= 4 is 29.1 Å². The molecule has 5 heteroatoms. The maximum Gasteiger partial charge on any atom is 0.252 e. The molecular weight excluding hydrogens is 309 g/mol. The Morgan fingerprint density at radius 2 is 1.86 bits per heavy atom. The predicted molar refractivity (Wildman–Crippen MR) is 86.0 cm³/mol. The lowest BCUT2D eigenvalue weighted by atomic mass is 9.71. The minimum Gasteiger partial charge on any atom is -0.388 e. The molecule has 1 saturated carbocycles. The summed E-state index contributed by atoms with van der Waals surface area (Å²) in [5, 5.41) is 14.1. The van der Waals surface area contributed by atoms with Crippen molar-refractivity contribution in [2.24, 2.45) is 5.41 Å². The lowest BCUT2D eigenvalue weighted by molar-refractivity contribution is -0.0233. The van der Waals surface area contributed by atoms with E-state index in [0.717, 1.165) is 12.8 Å². The van der Waals surface area contributed by atoms with Crippen LogP contribution in [0, 0.1) is 5.41 Å². The Balaban J connectivity index is 1.95. The monoisotopic (exact) mass is 329 g/mol. The minimum atomic E-state index is -0.815. The van der Waals surface area contributed by atoms with Crippen LogP contribution in [0.25, 0.3) is 0 Å². The van der Waals surface area contributed by atoms with Gasteiger partial charge in [-0.3, -0.25) is 4.79 Å². The normalized spacial score (nSPS) is 20.0. The highest BCUT2D eigenvalue weighted by atomic mass is 35.5. The summed E-state index contributed by atoms with van der Waals surface area (Å²) in [6.45, 7) is 4.66. The van der Waals surface area contributed by atoms with Gasteiger partial charge in [0.05, 0.1) is 16.2 Å². The van der Waals surface area contributed by atoms with Gasteiger partial charge in [0.2, 0.25) is 0 Å². The Labute approximate surface area is 135 Å². The summed E-state index contributed by atoms with van der Waals surface area (Å²) in [6, 6.07) is 4.75. The van der Waals surface area contributed by atoms with Crippen LogP contribution < -0.4 is 5.32 Å². The fourth-order valence-corrected chi connectivity index (χ4v) is 3.08. The summed E-state index contributed by atoms with van der Waals surface area (Å²) in [5.41, 5.74) is -0.166. The second kappa shape index (κ2) is 6.15. The van der Waals surface area contributed by atoms with Gasteiger partial charge in [0.25, 0.3) is 5.91 Å². The van der Waals surface area contributed by atoms with E-state index in [-0.39, 0.29) is 17.9 Å².